The number of amides is 1. The van der Waals surface area contributed by atoms with Gasteiger partial charge in [0.1, 0.15) is 11.6 Å². The fourth-order valence-electron chi connectivity index (χ4n) is 1.67. The minimum atomic E-state index is -0.497. The lowest BCUT2D eigenvalue weighted by Gasteiger charge is -2.06. The van der Waals surface area contributed by atoms with Crippen molar-refractivity contribution in [2.24, 2.45) is 0 Å². The molecule has 22 heavy (non-hydrogen) atoms. The zero-order valence-corrected chi connectivity index (χ0v) is 13.1. The number of ether oxygens (including phenoxy) is 1. The SMILES string of the molecule is O=C(CCNC(=O)c1ccc(Br)cc1)Oc1ccc(F)cc1. The summed E-state index contributed by atoms with van der Waals surface area (Å²) in [6, 6.07) is 12.0. The molecule has 0 aromatic heterocycles. The van der Waals surface area contributed by atoms with E-state index in [1.807, 2.05) is 0 Å². The van der Waals surface area contributed by atoms with Crippen LogP contribution in [-0.4, -0.2) is 18.4 Å². The first kappa shape index (κ1) is 16.2. The molecule has 6 heteroatoms. The van der Waals surface area contributed by atoms with Gasteiger partial charge in [0.15, 0.2) is 0 Å². The number of nitrogens with one attached hydrogen (secondary N) is 1. The van der Waals surface area contributed by atoms with Crippen LogP contribution in [0.15, 0.2) is 53.0 Å². The van der Waals surface area contributed by atoms with Gasteiger partial charge in [-0.2, -0.15) is 0 Å². The molecule has 0 heterocycles. The van der Waals surface area contributed by atoms with E-state index in [1.165, 1.54) is 24.3 Å². The zero-order valence-electron chi connectivity index (χ0n) is 11.5. The van der Waals surface area contributed by atoms with E-state index in [1.54, 1.807) is 24.3 Å². The number of benzene rings is 2. The third-order valence-electron chi connectivity index (χ3n) is 2.77. The first-order valence-electron chi connectivity index (χ1n) is 6.54. The van der Waals surface area contributed by atoms with Gasteiger partial charge in [-0.25, -0.2) is 4.39 Å². The number of esters is 1. The second kappa shape index (κ2) is 7.70. The molecule has 2 rings (SSSR count). The second-order valence-corrected chi connectivity index (χ2v) is 5.36. The van der Waals surface area contributed by atoms with Crippen LogP contribution in [0.1, 0.15) is 16.8 Å². The number of halogens is 2. The zero-order chi connectivity index (χ0) is 15.9. The summed E-state index contributed by atoms with van der Waals surface area (Å²) in [4.78, 5) is 23.4. The Bertz CT molecular complexity index is 656. The molecule has 0 spiro atoms. The molecule has 1 N–H and O–H groups in total. The van der Waals surface area contributed by atoms with Crippen LogP contribution in [0.2, 0.25) is 0 Å². The van der Waals surface area contributed by atoms with Gasteiger partial charge in [-0.15, -0.1) is 0 Å². The van der Waals surface area contributed by atoms with Crippen LogP contribution in [0.25, 0.3) is 0 Å². The van der Waals surface area contributed by atoms with Gasteiger partial charge in [0.05, 0.1) is 6.42 Å². The van der Waals surface area contributed by atoms with E-state index in [9.17, 15) is 14.0 Å². The molecule has 4 nitrogen and oxygen atoms in total. The molecule has 0 aliphatic heterocycles. The Morgan fingerprint density at radius 1 is 1.05 bits per heavy atom. The van der Waals surface area contributed by atoms with Crippen LogP contribution in [0.5, 0.6) is 5.75 Å². The molecule has 0 atom stereocenters. The van der Waals surface area contributed by atoms with Gasteiger partial charge in [-0.05, 0) is 48.5 Å². The van der Waals surface area contributed by atoms with Gasteiger partial charge >= 0.3 is 5.97 Å². The van der Waals surface area contributed by atoms with Gasteiger partial charge in [-0.3, -0.25) is 9.59 Å². The topological polar surface area (TPSA) is 55.4 Å². The van der Waals surface area contributed by atoms with Gasteiger partial charge in [0.2, 0.25) is 0 Å². The Balaban J connectivity index is 1.75. The van der Waals surface area contributed by atoms with E-state index in [4.69, 9.17) is 4.74 Å². The number of hydrogen-bond acceptors (Lipinski definition) is 3. The maximum atomic E-state index is 12.7. The third-order valence-corrected chi connectivity index (χ3v) is 3.30. The molecule has 0 fully saturated rings. The summed E-state index contributed by atoms with van der Waals surface area (Å²) in [6.45, 7) is 0.162. The van der Waals surface area contributed by atoms with Crippen LogP contribution >= 0.6 is 15.9 Å². The Kier molecular flexibility index (Phi) is 5.66. The molecule has 114 valence electrons. The van der Waals surface area contributed by atoms with Crippen molar-refractivity contribution in [2.75, 3.05) is 6.54 Å². The van der Waals surface area contributed by atoms with E-state index >= 15 is 0 Å². The van der Waals surface area contributed by atoms with Gasteiger partial charge < -0.3 is 10.1 Å². The summed E-state index contributed by atoms with van der Waals surface area (Å²) in [5, 5.41) is 2.63. The molecule has 1 amide bonds. The highest BCUT2D eigenvalue weighted by Gasteiger charge is 2.08. The van der Waals surface area contributed by atoms with Crippen molar-refractivity contribution in [3.05, 3.63) is 64.4 Å². The third kappa shape index (κ3) is 4.96. The lowest BCUT2D eigenvalue weighted by atomic mass is 10.2. The van der Waals surface area contributed by atoms with Crippen molar-refractivity contribution in [1.82, 2.24) is 5.32 Å². The summed E-state index contributed by atoms with van der Waals surface area (Å²) in [6.07, 6.45) is 0.0274. The normalized spacial score (nSPS) is 10.1. The molecule has 0 aliphatic carbocycles. The lowest BCUT2D eigenvalue weighted by molar-refractivity contribution is -0.134. The van der Waals surface area contributed by atoms with E-state index in [-0.39, 0.29) is 24.6 Å². The van der Waals surface area contributed by atoms with Gasteiger partial charge in [0.25, 0.3) is 5.91 Å². The average Bonchev–Trinajstić information content (AvgIpc) is 2.50. The Morgan fingerprint density at radius 3 is 2.32 bits per heavy atom. The van der Waals surface area contributed by atoms with Crippen LogP contribution in [0.4, 0.5) is 4.39 Å². The summed E-state index contributed by atoms with van der Waals surface area (Å²) in [7, 11) is 0. The van der Waals surface area contributed by atoms with Crippen LogP contribution in [0.3, 0.4) is 0 Å². The minimum Gasteiger partial charge on any atom is -0.426 e. The predicted molar refractivity (Wildman–Crippen MR) is 83.1 cm³/mol. The first-order chi connectivity index (χ1) is 10.5. The largest absolute Gasteiger partial charge is 0.426 e. The van der Waals surface area contributed by atoms with Crippen LogP contribution in [0, 0.1) is 5.82 Å². The Hall–Kier alpha value is -2.21. The first-order valence-corrected chi connectivity index (χ1v) is 7.34. The smallest absolute Gasteiger partial charge is 0.312 e. The molecule has 2 aromatic rings. The number of rotatable bonds is 5. The summed E-state index contributed by atoms with van der Waals surface area (Å²) in [5.74, 6) is -0.892. The molecule has 0 aliphatic rings. The highest BCUT2D eigenvalue weighted by Crippen LogP contribution is 2.12. The lowest BCUT2D eigenvalue weighted by Crippen LogP contribution is -2.27. The van der Waals surface area contributed by atoms with Crippen molar-refractivity contribution >= 4 is 27.8 Å². The Morgan fingerprint density at radius 2 is 1.68 bits per heavy atom. The van der Waals surface area contributed by atoms with Crippen LogP contribution in [-0.2, 0) is 4.79 Å². The molecule has 0 saturated carbocycles. The number of carbonyl (C=O) groups excluding carboxylic acids is 2. The number of hydrogen-bond donors (Lipinski definition) is 1. The summed E-state index contributed by atoms with van der Waals surface area (Å²) < 4.78 is 18.6. The molecule has 2 aromatic carbocycles. The van der Waals surface area contributed by atoms with Crippen molar-refractivity contribution in [2.45, 2.75) is 6.42 Å². The van der Waals surface area contributed by atoms with E-state index in [2.05, 4.69) is 21.2 Å². The van der Waals surface area contributed by atoms with Crippen molar-refractivity contribution in [1.29, 1.82) is 0 Å². The molecule has 0 saturated heterocycles. The predicted octanol–water partition coefficient (Wildman–Crippen LogP) is 3.31. The van der Waals surface area contributed by atoms with E-state index in [0.29, 0.717) is 5.56 Å². The summed E-state index contributed by atoms with van der Waals surface area (Å²) >= 11 is 3.29. The minimum absolute atomic E-state index is 0.0274. The van der Waals surface area contributed by atoms with E-state index in [0.717, 1.165) is 4.47 Å². The average molecular weight is 366 g/mol. The Labute approximate surface area is 135 Å². The molecule has 0 radical (unpaired) electrons. The summed E-state index contributed by atoms with van der Waals surface area (Å²) in [5.41, 5.74) is 0.509. The quantitative estimate of drug-likeness (QED) is 0.653. The van der Waals surface area contributed by atoms with Crippen molar-refractivity contribution < 1.29 is 18.7 Å². The highest BCUT2D eigenvalue weighted by molar-refractivity contribution is 9.10. The number of carbonyl (C=O) groups is 2. The molecular weight excluding hydrogens is 353 g/mol. The molecular formula is C16H13BrFNO3. The fourth-order valence-corrected chi connectivity index (χ4v) is 1.93. The van der Waals surface area contributed by atoms with Crippen molar-refractivity contribution in [3.8, 4) is 5.75 Å². The van der Waals surface area contributed by atoms with Gasteiger partial charge in [0, 0.05) is 16.6 Å². The molecule has 0 unspecified atom stereocenters. The standard InChI is InChI=1S/C16H13BrFNO3/c17-12-3-1-11(2-4-12)16(21)19-10-9-15(20)22-14-7-5-13(18)6-8-14/h1-8H,9-10H2,(H,19,21). The van der Waals surface area contributed by atoms with Crippen molar-refractivity contribution in [3.63, 3.8) is 0 Å². The monoisotopic (exact) mass is 365 g/mol. The maximum Gasteiger partial charge on any atom is 0.312 e. The highest BCUT2D eigenvalue weighted by atomic mass is 79.9. The van der Waals surface area contributed by atoms with E-state index < -0.39 is 11.8 Å². The fraction of sp³-hybridized carbons (Fsp3) is 0.125. The second-order valence-electron chi connectivity index (χ2n) is 4.44. The maximum absolute atomic E-state index is 12.7. The van der Waals surface area contributed by atoms with Gasteiger partial charge in [-0.1, -0.05) is 15.9 Å². The van der Waals surface area contributed by atoms with Crippen LogP contribution < -0.4 is 10.1 Å². The molecule has 0 bridgehead atoms.